The third-order valence-corrected chi connectivity index (χ3v) is 5.35. The Labute approximate surface area is 185 Å². The van der Waals surface area contributed by atoms with Gasteiger partial charge in [-0.3, -0.25) is 0 Å². The molecular formula is C21H34IN3O3. The summed E-state index contributed by atoms with van der Waals surface area (Å²) < 4.78 is 11.6. The molecule has 0 aromatic heterocycles. The van der Waals surface area contributed by atoms with Crippen molar-refractivity contribution >= 4 is 29.9 Å². The van der Waals surface area contributed by atoms with Crippen molar-refractivity contribution in [2.75, 3.05) is 39.5 Å². The van der Waals surface area contributed by atoms with Crippen LogP contribution in [0.1, 0.15) is 38.2 Å². The molecule has 1 aliphatic carbocycles. The Morgan fingerprint density at radius 2 is 2.14 bits per heavy atom. The number of ether oxygens (including phenoxy) is 2. The van der Waals surface area contributed by atoms with Crippen molar-refractivity contribution in [1.29, 1.82) is 0 Å². The van der Waals surface area contributed by atoms with Crippen LogP contribution in [-0.4, -0.2) is 50.6 Å². The highest BCUT2D eigenvalue weighted by molar-refractivity contribution is 14.0. The third-order valence-electron chi connectivity index (χ3n) is 5.35. The van der Waals surface area contributed by atoms with Gasteiger partial charge in [0.25, 0.3) is 0 Å². The van der Waals surface area contributed by atoms with E-state index in [4.69, 9.17) is 14.5 Å². The fourth-order valence-corrected chi connectivity index (χ4v) is 3.36. The summed E-state index contributed by atoms with van der Waals surface area (Å²) in [6.07, 6.45) is 4.29. The molecule has 0 bridgehead atoms. The van der Waals surface area contributed by atoms with E-state index in [-0.39, 0.29) is 36.0 Å². The molecule has 1 aromatic rings. The van der Waals surface area contributed by atoms with Gasteiger partial charge in [0.15, 0.2) is 5.96 Å². The van der Waals surface area contributed by atoms with Crippen molar-refractivity contribution in [3.63, 3.8) is 0 Å². The summed E-state index contributed by atoms with van der Waals surface area (Å²) in [6, 6.07) is 8.14. The van der Waals surface area contributed by atoms with Crippen LogP contribution < -0.4 is 15.4 Å². The van der Waals surface area contributed by atoms with Crippen LogP contribution in [0.5, 0.6) is 5.75 Å². The van der Waals surface area contributed by atoms with Crippen LogP contribution in [0.4, 0.5) is 0 Å². The molecule has 1 aliphatic heterocycles. The molecule has 28 heavy (non-hydrogen) atoms. The fraction of sp³-hybridized carbons (Fsp3) is 0.667. The summed E-state index contributed by atoms with van der Waals surface area (Å²) in [5.74, 6) is 2.46. The summed E-state index contributed by atoms with van der Waals surface area (Å²) in [4.78, 5) is 4.75. The van der Waals surface area contributed by atoms with Crippen LogP contribution in [-0.2, 0) is 11.3 Å². The highest BCUT2D eigenvalue weighted by atomic mass is 127. The van der Waals surface area contributed by atoms with Gasteiger partial charge < -0.3 is 25.2 Å². The van der Waals surface area contributed by atoms with E-state index in [2.05, 4.69) is 23.6 Å². The first-order valence-corrected chi connectivity index (χ1v) is 10.2. The summed E-state index contributed by atoms with van der Waals surface area (Å²) in [7, 11) is 0. The number of aliphatic hydroxyl groups excluding tert-OH is 1. The van der Waals surface area contributed by atoms with Crippen LogP contribution in [0.15, 0.2) is 29.3 Å². The number of benzene rings is 1. The van der Waals surface area contributed by atoms with Gasteiger partial charge in [0.1, 0.15) is 5.75 Å². The van der Waals surface area contributed by atoms with Gasteiger partial charge in [0.05, 0.1) is 19.8 Å². The van der Waals surface area contributed by atoms with Gasteiger partial charge in [0, 0.05) is 37.3 Å². The van der Waals surface area contributed by atoms with E-state index < -0.39 is 0 Å². The molecule has 0 spiro atoms. The van der Waals surface area contributed by atoms with E-state index >= 15 is 0 Å². The molecule has 7 heteroatoms. The topological polar surface area (TPSA) is 75.1 Å². The molecule has 1 aromatic carbocycles. The molecule has 0 radical (unpaired) electrons. The first kappa shape index (κ1) is 23.2. The van der Waals surface area contributed by atoms with Crippen molar-refractivity contribution in [2.24, 2.45) is 16.3 Å². The van der Waals surface area contributed by atoms with E-state index in [1.54, 1.807) is 0 Å². The lowest BCUT2D eigenvalue weighted by Gasteiger charge is -2.27. The Balaban J connectivity index is 0.00000280. The van der Waals surface area contributed by atoms with Crippen molar-refractivity contribution in [1.82, 2.24) is 10.6 Å². The minimum atomic E-state index is -0.00375. The van der Waals surface area contributed by atoms with Crippen LogP contribution in [0.2, 0.25) is 0 Å². The zero-order valence-corrected chi connectivity index (χ0v) is 19.1. The quantitative estimate of drug-likeness (QED) is 0.260. The number of hydrogen-bond acceptors (Lipinski definition) is 4. The monoisotopic (exact) mass is 503 g/mol. The second kappa shape index (κ2) is 11.8. The number of hydrogen-bond donors (Lipinski definition) is 3. The van der Waals surface area contributed by atoms with E-state index in [9.17, 15) is 5.11 Å². The van der Waals surface area contributed by atoms with Gasteiger partial charge in [-0.25, -0.2) is 4.99 Å². The average Bonchev–Trinajstić information content (AvgIpc) is 3.41. The Kier molecular flexibility index (Phi) is 9.81. The van der Waals surface area contributed by atoms with Crippen molar-refractivity contribution < 1.29 is 14.6 Å². The number of nitrogens with one attached hydrogen (secondary N) is 2. The lowest BCUT2D eigenvalue weighted by atomic mass is 9.84. The van der Waals surface area contributed by atoms with E-state index in [0.717, 1.165) is 62.3 Å². The Hall–Kier alpha value is -1.06. The lowest BCUT2D eigenvalue weighted by molar-refractivity contribution is 0.127. The zero-order valence-electron chi connectivity index (χ0n) is 16.8. The van der Waals surface area contributed by atoms with Gasteiger partial charge in [-0.05, 0) is 44.6 Å². The Morgan fingerprint density at radius 1 is 1.32 bits per heavy atom. The van der Waals surface area contributed by atoms with Gasteiger partial charge in [0.2, 0.25) is 0 Å². The second-order valence-corrected chi connectivity index (χ2v) is 7.69. The summed E-state index contributed by atoms with van der Waals surface area (Å²) in [6.45, 7) is 6.63. The van der Waals surface area contributed by atoms with Crippen LogP contribution in [0.25, 0.3) is 0 Å². The summed E-state index contributed by atoms with van der Waals surface area (Å²) >= 11 is 0. The number of para-hydroxylation sites is 1. The third kappa shape index (κ3) is 7.08. The number of guanidine groups is 1. The predicted molar refractivity (Wildman–Crippen MR) is 122 cm³/mol. The first-order chi connectivity index (χ1) is 13.2. The van der Waals surface area contributed by atoms with Crippen molar-refractivity contribution in [3.05, 3.63) is 29.8 Å². The number of aliphatic hydroxyl groups is 1. The largest absolute Gasteiger partial charge is 0.493 e. The Bertz CT molecular complexity index is 617. The molecule has 6 nitrogen and oxygen atoms in total. The minimum absolute atomic E-state index is 0. The van der Waals surface area contributed by atoms with E-state index in [1.165, 1.54) is 12.8 Å². The molecule has 1 heterocycles. The van der Waals surface area contributed by atoms with Gasteiger partial charge >= 0.3 is 0 Å². The summed E-state index contributed by atoms with van der Waals surface area (Å²) in [5, 5.41) is 16.1. The molecule has 1 saturated heterocycles. The highest BCUT2D eigenvalue weighted by Crippen LogP contribution is 2.32. The first-order valence-electron chi connectivity index (χ1n) is 10.2. The number of nitrogens with zero attached hydrogens (tertiary/aromatic N) is 1. The molecule has 2 fully saturated rings. The molecule has 2 aliphatic rings. The maximum atomic E-state index is 9.39. The molecule has 158 valence electrons. The van der Waals surface area contributed by atoms with Gasteiger partial charge in [-0.2, -0.15) is 0 Å². The fourth-order valence-electron chi connectivity index (χ4n) is 3.36. The standard InChI is InChI=1S/C21H33N3O3.HI/c1-2-22-20(24-15-21(9-11-25)10-12-26-16-21)23-13-18-5-3-4-6-19(18)27-14-17-7-8-17;/h3-6,17,25H,2,7-16H2,1H3,(H2,22,23,24);1H. The normalized spacial score (nSPS) is 21.9. The minimum Gasteiger partial charge on any atom is -0.493 e. The molecule has 0 amide bonds. The zero-order chi connectivity index (χ0) is 19.0. The molecule has 1 saturated carbocycles. The highest BCUT2D eigenvalue weighted by Gasteiger charge is 2.34. The maximum absolute atomic E-state index is 9.39. The Morgan fingerprint density at radius 3 is 2.82 bits per heavy atom. The SMILES string of the molecule is CCNC(=NCc1ccccc1OCC1CC1)NCC1(CCO)CCOC1.I. The number of aliphatic imine (C=N–C) groups is 1. The smallest absolute Gasteiger partial charge is 0.191 e. The molecule has 1 atom stereocenters. The van der Waals surface area contributed by atoms with Gasteiger partial charge in [-0.15, -0.1) is 24.0 Å². The molecule has 1 unspecified atom stereocenters. The molecular weight excluding hydrogens is 469 g/mol. The van der Waals surface area contributed by atoms with E-state index in [0.29, 0.717) is 13.2 Å². The number of halogens is 1. The molecule has 3 rings (SSSR count). The number of rotatable bonds is 10. The lowest BCUT2D eigenvalue weighted by Crippen LogP contribution is -2.44. The van der Waals surface area contributed by atoms with Crippen LogP contribution in [0, 0.1) is 11.3 Å². The predicted octanol–water partition coefficient (Wildman–Crippen LogP) is 2.94. The van der Waals surface area contributed by atoms with Crippen molar-refractivity contribution in [2.45, 2.75) is 39.2 Å². The summed E-state index contributed by atoms with van der Waals surface area (Å²) in [5.41, 5.74) is 1.10. The van der Waals surface area contributed by atoms with Crippen molar-refractivity contribution in [3.8, 4) is 5.75 Å². The average molecular weight is 503 g/mol. The van der Waals surface area contributed by atoms with Gasteiger partial charge in [-0.1, -0.05) is 18.2 Å². The molecule has 3 N–H and O–H groups in total. The van der Waals surface area contributed by atoms with E-state index in [1.807, 2.05) is 18.2 Å². The second-order valence-electron chi connectivity index (χ2n) is 7.69. The van der Waals surface area contributed by atoms with Crippen LogP contribution >= 0.6 is 24.0 Å². The maximum Gasteiger partial charge on any atom is 0.191 e. The van der Waals surface area contributed by atoms with Crippen LogP contribution in [0.3, 0.4) is 0 Å².